The van der Waals surface area contributed by atoms with Crippen molar-refractivity contribution in [3.63, 3.8) is 0 Å². The molecule has 2 aliphatic rings. The molecule has 4 heterocycles. The van der Waals surface area contributed by atoms with Gasteiger partial charge in [-0.15, -0.1) is 11.3 Å². The summed E-state index contributed by atoms with van der Waals surface area (Å²) in [5.74, 6) is 1.29. The first kappa shape index (κ1) is 32.2. The van der Waals surface area contributed by atoms with Crippen LogP contribution < -0.4 is 15.4 Å². The molecular weight excluding hydrogens is 623 g/mol. The van der Waals surface area contributed by atoms with Crippen LogP contribution in [0.3, 0.4) is 0 Å². The fraction of sp³-hybridized carbons (Fsp3) is 0.424. The Bertz CT molecular complexity index is 1810. The van der Waals surface area contributed by atoms with Crippen molar-refractivity contribution < 1.29 is 17.9 Å². The van der Waals surface area contributed by atoms with E-state index in [0.717, 1.165) is 56.8 Å². The van der Waals surface area contributed by atoms with Gasteiger partial charge in [-0.2, -0.15) is 4.98 Å². The number of carbonyl (C=O) groups is 1. The van der Waals surface area contributed by atoms with Crippen molar-refractivity contribution in [2.75, 3.05) is 64.1 Å². The molecule has 1 amide bonds. The van der Waals surface area contributed by atoms with Crippen LogP contribution in [-0.4, -0.2) is 104 Å². The van der Waals surface area contributed by atoms with Crippen molar-refractivity contribution >= 4 is 60.4 Å². The first-order chi connectivity index (χ1) is 22.1. The van der Waals surface area contributed by atoms with Crippen molar-refractivity contribution in [1.82, 2.24) is 24.7 Å². The van der Waals surface area contributed by atoms with E-state index < -0.39 is 15.1 Å². The van der Waals surface area contributed by atoms with Crippen LogP contribution in [0.5, 0.6) is 5.75 Å². The highest BCUT2D eigenvalue weighted by Gasteiger charge is 2.29. The molecule has 0 spiro atoms. The van der Waals surface area contributed by atoms with E-state index in [4.69, 9.17) is 9.72 Å². The van der Waals surface area contributed by atoms with E-state index in [2.05, 4.69) is 32.5 Å². The maximum Gasteiger partial charge on any atom is 0.253 e. The number of amides is 1. The molecule has 0 unspecified atom stereocenters. The zero-order valence-electron chi connectivity index (χ0n) is 26.7. The summed E-state index contributed by atoms with van der Waals surface area (Å²) >= 11 is 1.47. The number of carbonyl (C=O) groups excluding carboxylic acids is 1. The highest BCUT2D eigenvalue weighted by Crippen LogP contribution is 2.35. The largest absolute Gasteiger partial charge is 0.495 e. The Kier molecular flexibility index (Phi) is 9.46. The minimum absolute atomic E-state index is 0.000813. The molecule has 4 aromatic rings. The van der Waals surface area contributed by atoms with Gasteiger partial charge in [0.05, 0.1) is 38.8 Å². The molecule has 13 heteroatoms. The lowest BCUT2D eigenvalue weighted by Gasteiger charge is -2.42. The molecule has 2 aromatic carbocycles. The minimum Gasteiger partial charge on any atom is -0.495 e. The number of nitrogens with zero attached hydrogens (tertiary/aromatic N) is 5. The molecule has 2 aromatic heterocycles. The third-order valence-corrected chi connectivity index (χ3v) is 12.0. The lowest BCUT2D eigenvalue weighted by molar-refractivity contribution is 0.0518. The minimum atomic E-state index is -3.53. The van der Waals surface area contributed by atoms with Gasteiger partial charge in [0, 0.05) is 50.9 Å². The summed E-state index contributed by atoms with van der Waals surface area (Å²) in [4.78, 5) is 30.0. The molecule has 46 heavy (non-hydrogen) atoms. The van der Waals surface area contributed by atoms with Gasteiger partial charge in [0.25, 0.3) is 5.91 Å². The number of sulfone groups is 1. The van der Waals surface area contributed by atoms with Crippen molar-refractivity contribution in [3.8, 4) is 5.75 Å². The number of thiophene rings is 1. The predicted molar refractivity (Wildman–Crippen MR) is 184 cm³/mol. The Labute approximate surface area is 274 Å². The van der Waals surface area contributed by atoms with Gasteiger partial charge in [0.2, 0.25) is 5.95 Å². The van der Waals surface area contributed by atoms with E-state index in [1.54, 1.807) is 57.4 Å². The third-order valence-electron chi connectivity index (χ3n) is 8.87. The molecule has 0 aliphatic carbocycles. The summed E-state index contributed by atoms with van der Waals surface area (Å²) in [5.41, 5.74) is 2.33. The number of ether oxygens (including phenoxy) is 1. The van der Waals surface area contributed by atoms with E-state index >= 15 is 0 Å². The zero-order valence-corrected chi connectivity index (χ0v) is 28.3. The maximum absolute atomic E-state index is 13.5. The number of likely N-dealkylation sites (tertiary alicyclic amines) is 1. The number of para-hydroxylation sites is 1. The second-order valence-corrected chi connectivity index (χ2v) is 15.5. The van der Waals surface area contributed by atoms with Gasteiger partial charge in [-0.1, -0.05) is 12.1 Å². The van der Waals surface area contributed by atoms with Gasteiger partial charge < -0.3 is 25.2 Å². The number of likely N-dealkylation sites (N-methyl/N-ethyl adjacent to an activating group) is 1. The molecule has 0 bridgehead atoms. The second kappa shape index (κ2) is 13.5. The maximum atomic E-state index is 13.5. The number of hydrogen-bond donors (Lipinski definition) is 2. The number of piperazine rings is 1. The van der Waals surface area contributed by atoms with Crippen molar-refractivity contribution in [3.05, 3.63) is 59.5 Å². The van der Waals surface area contributed by atoms with E-state index in [-0.39, 0.29) is 10.8 Å². The van der Waals surface area contributed by atoms with Crippen LogP contribution in [0.4, 0.5) is 23.1 Å². The number of aromatic nitrogens is 2. The summed E-state index contributed by atoms with van der Waals surface area (Å²) in [6.45, 7) is 9.19. The van der Waals surface area contributed by atoms with E-state index in [1.807, 2.05) is 22.4 Å². The summed E-state index contributed by atoms with van der Waals surface area (Å²) < 4.78 is 32.6. The summed E-state index contributed by atoms with van der Waals surface area (Å²) in [5, 5.41) is 7.85. The molecule has 2 N–H and O–H groups in total. The molecule has 2 aliphatic heterocycles. The van der Waals surface area contributed by atoms with E-state index in [9.17, 15) is 13.2 Å². The normalized spacial score (nSPS) is 17.0. The molecule has 2 fully saturated rings. The average molecular weight is 664 g/mol. The van der Waals surface area contributed by atoms with Gasteiger partial charge in [-0.3, -0.25) is 9.69 Å². The highest BCUT2D eigenvalue weighted by molar-refractivity contribution is 7.92. The van der Waals surface area contributed by atoms with Crippen LogP contribution in [0.15, 0.2) is 58.8 Å². The zero-order chi connectivity index (χ0) is 32.4. The topological polar surface area (TPSA) is 120 Å². The van der Waals surface area contributed by atoms with Gasteiger partial charge in [-0.25, -0.2) is 13.4 Å². The first-order valence-corrected chi connectivity index (χ1v) is 18.1. The van der Waals surface area contributed by atoms with Gasteiger partial charge in [0.1, 0.15) is 5.75 Å². The lowest BCUT2D eigenvalue weighted by atomic mass is 10.0. The number of nitrogens with one attached hydrogen (secondary N) is 2. The smallest absolute Gasteiger partial charge is 0.253 e. The second-order valence-electron chi connectivity index (χ2n) is 12.1. The Morgan fingerprint density at radius 2 is 1.70 bits per heavy atom. The number of fused-ring (bicyclic) bond motifs is 1. The van der Waals surface area contributed by atoms with Gasteiger partial charge >= 0.3 is 0 Å². The average Bonchev–Trinajstić information content (AvgIpc) is 3.54. The molecule has 0 atom stereocenters. The fourth-order valence-electron chi connectivity index (χ4n) is 6.06. The molecule has 244 valence electrons. The molecule has 11 nitrogen and oxygen atoms in total. The SMILES string of the molecule is COc1cc(C(=O)N2CCC(N3CCN(C)CC3)CC2)ccc1Nc1nc(Nc2ccccc2S(=O)(=O)C(C)C)c2sccc2n1. The third kappa shape index (κ3) is 6.68. The highest BCUT2D eigenvalue weighted by atomic mass is 32.2. The van der Waals surface area contributed by atoms with Crippen LogP contribution in [0.1, 0.15) is 37.0 Å². The standard InChI is InChI=1S/C33H41N7O4S2/c1-22(2)46(42,43)29-8-6-5-7-26(29)34-31-30-27(13-20-45-30)36-33(37-31)35-25-10-9-23(21-28(25)44-4)32(41)40-14-11-24(12-15-40)39-18-16-38(3)17-19-39/h5-10,13,20-22,24H,11-12,14-19H2,1-4H3,(H2,34,35,36,37). The number of methoxy groups -OCH3 is 1. The number of hydrogen-bond acceptors (Lipinski definition) is 11. The van der Waals surface area contributed by atoms with Crippen molar-refractivity contribution in [2.24, 2.45) is 0 Å². The number of piperidine rings is 1. The molecule has 0 radical (unpaired) electrons. The van der Waals surface area contributed by atoms with Crippen LogP contribution >= 0.6 is 11.3 Å². The van der Waals surface area contributed by atoms with Crippen molar-refractivity contribution in [1.29, 1.82) is 0 Å². The summed E-state index contributed by atoms with van der Waals surface area (Å²) in [6, 6.07) is 14.6. The monoisotopic (exact) mass is 663 g/mol. The Morgan fingerprint density at radius 1 is 0.957 bits per heavy atom. The lowest BCUT2D eigenvalue weighted by Crippen LogP contribution is -2.52. The van der Waals surface area contributed by atoms with Crippen LogP contribution in [0.25, 0.3) is 10.2 Å². The fourth-order valence-corrected chi connectivity index (χ4v) is 8.03. The summed E-state index contributed by atoms with van der Waals surface area (Å²) in [7, 11) is 0.203. The molecule has 2 saturated heterocycles. The first-order valence-electron chi connectivity index (χ1n) is 15.7. The summed E-state index contributed by atoms with van der Waals surface area (Å²) in [6.07, 6.45) is 1.97. The molecular formula is C33H41N7O4S2. The van der Waals surface area contributed by atoms with E-state index in [1.165, 1.54) is 11.3 Å². The number of rotatable bonds is 9. The van der Waals surface area contributed by atoms with Crippen LogP contribution in [0, 0.1) is 0 Å². The van der Waals surface area contributed by atoms with Crippen LogP contribution in [0.2, 0.25) is 0 Å². The Hall–Kier alpha value is -3.78. The predicted octanol–water partition coefficient (Wildman–Crippen LogP) is 5.22. The number of anilines is 4. The molecule has 6 rings (SSSR count). The van der Waals surface area contributed by atoms with Crippen LogP contribution in [-0.2, 0) is 9.84 Å². The molecule has 0 saturated carbocycles. The Balaban J connectivity index is 1.19. The quantitative estimate of drug-likeness (QED) is 0.247. The van der Waals surface area contributed by atoms with Gasteiger partial charge in [-0.05, 0) is 75.5 Å². The van der Waals surface area contributed by atoms with E-state index in [0.29, 0.717) is 46.0 Å². The van der Waals surface area contributed by atoms with Gasteiger partial charge in [0.15, 0.2) is 15.7 Å². The Morgan fingerprint density at radius 3 is 2.41 bits per heavy atom. The number of benzene rings is 2. The van der Waals surface area contributed by atoms with Crippen molar-refractivity contribution in [2.45, 2.75) is 42.9 Å².